The van der Waals surface area contributed by atoms with Gasteiger partial charge in [0.2, 0.25) is 0 Å². The molecule has 2 aromatic carbocycles. The Labute approximate surface area is 174 Å². The number of aliphatic hydroxyl groups excluding tert-OH is 1. The highest BCUT2D eigenvalue weighted by atomic mass is 35.5. The minimum absolute atomic E-state index is 0.0410. The van der Waals surface area contributed by atoms with Crippen LogP contribution >= 0.6 is 11.6 Å². The average molecular weight is 403 g/mol. The van der Waals surface area contributed by atoms with Crippen LogP contribution in [0.5, 0.6) is 0 Å². The SMILES string of the molecule is O[C@H](COCc1ccccc1)[C@@H](/C=C/COCc1ccccc1)CCCCCl. The van der Waals surface area contributed by atoms with Crippen molar-refractivity contribution in [2.24, 2.45) is 5.92 Å². The summed E-state index contributed by atoms with van der Waals surface area (Å²) in [5.41, 5.74) is 2.27. The maximum Gasteiger partial charge on any atom is 0.0836 e. The summed E-state index contributed by atoms with van der Waals surface area (Å²) in [6, 6.07) is 20.1. The number of ether oxygens (including phenoxy) is 2. The standard InChI is InChI=1S/C24H31ClO3/c25-16-8-7-14-23(15-9-17-27-18-21-10-3-1-4-11-21)24(26)20-28-19-22-12-5-2-6-13-22/h1-6,9-13,15,23-24,26H,7-8,14,16-20H2/b15-9+/t23-,24-/m1/s1. The molecule has 0 aliphatic rings. The van der Waals surface area contributed by atoms with E-state index in [9.17, 15) is 5.11 Å². The molecular weight excluding hydrogens is 372 g/mol. The smallest absolute Gasteiger partial charge is 0.0836 e. The van der Waals surface area contributed by atoms with E-state index in [2.05, 4.69) is 6.08 Å². The largest absolute Gasteiger partial charge is 0.390 e. The fourth-order valence-electron chi connectivity index (χ4n) is 2.94. The van der Waals surface area contributed by atoms with Crippen molar-refractivity contribution in [3.8, 4) is 0 Å². The van der Waals surface area contributed by atoms with Crippen molar-refractivity contribution in [3.05, 3.63) is 83.9 Å². The molecule has 0 aliphatic heterocycles. The van der Waals surface area contributed by atoms with E-state index >= 15 is 0 Å². The van der Waals surface area contributed by atoms with Crippen LogP contribution in [0.2, 0.25) is 0 Å². The zero-order chi connectivity index (χ0) is 19.9. The molecule has 0 amide bonds. The first-order valence-corrected chi connectivity index (χ1v) is 10.5. The fourth-order valence-corrected chi connectivity index (χ4v) is 3.13. The van der Waals surface area contributed by atoms with Crippen molar-refractivity contribution >= 4 is 11.6 Å². The summed E-state index contributed by atoms with van der Waals surface area (Å²) in [5.74, 6) is 0.691. The lowest BCUT2D eigenvalue weighted by Crippen LogP contribution is -2.24. The first-order chi connectivity index (χ1) is 13.8. The first kappa shape index (κ1) is 22.6. The zero-order valence-electron chi connectivity index (χ0n) is 16.4. The monoisotopic (exact) mass is 402 g/mol. The van der Waals surface area contributed by atoms with Crippen LogP contribution in [-0.2, 0) is 22.7 Å². The first-order valence-electron chi connectivity index (χ1n) is 9.93. The minimum Gasteiger partial charge on any atom is -0.390 e. The van der Waals surface area contributed by atoms with Crippen molar-refractivity contribution in [2.45, 2.75) is 38.6 Å². The summed E-state index contributed by atoms with van der Waals surface area (Å²) in [4.78, 5) is 0. The Morgan fingerprint density at radius 1 is 0.857 bits per heavy atom. The van der Waals surface area contributed by atoms with Crippen LogP contribution in [0, 0.1) is 5.92 Å². The maximum absolute atomic E-state index is 10.6. The van der Waals surface area contributed by atoms with E-state index in [4.69, 9.17) is 21.1 Å². The van der Waals surface area contributed by atoms with Crippen molar-refractivity contribution in [1.29, 1.82) is 0 Å². The van der Waals surface area contributed by atoms with Gasteiger partial charge in [0, 0.05) is 11.8 Å². The van der Waals surface area contributed by atoms with Gasteiger partial charge < -0.3 is 14.6 Å². The second-order valence-corrected chi connectivity index (χ2v) is 7.22. The highest BCUT2D eigenvalue weighted by molar-refractivity contribution is 6.17. The Hall–Kier alpha value is -1.65. The molecule has 4 heteroatoms. The zero-order valence-corrected chi connectivity index (χ0v) is 17.1. The van der Waals surface area contributed by atoms with Gasteiger partial charge in [0.1, 0.15) is 0 Å². The molecule has 2 atom stereocenters. The van der Waals surface area contributed by atoms with E-state index in [0.717, 1.165) is 30.4 Å². The Morgan fingerprint density at radius 3 is 2.07 bits per heavy atom. The Balaban J connectivity index is 1.74. The van der Waals surface area contributed by atoms with Crippen molar-refractivity contribution in [3.63, 3.8) is 0 Å². The Kier molecular flexibility index (Phi) is 11.6. The molecule has 0 heterocycles. The van der Waals surface area contributed by atoms with Gasteiger partial charge in [0.05, 0.1) is 32.5 Å². The number of aliphatic hydroxyl groups is 1. The Morgan fingerprint density at radius 2 is 1.46 bits per heavy atom. The minimum atomic E-state index is -0.538. The summed E-state index contributed by atoms with van der Waals surface area (Å²) in [5, 5.41) is 10.6. The number of benzene rings is 2. The van der Waals surface area contributed by atoms with Crippen LogP contribution in [0.4, 0.5) is 0 Å². The molecular formula is C24H31ClO3. The highest BCUT2D eigenvalue weighted by Gasteiger charge is 2.16. The van der Waals surface area contributed by atoms with Crippen LogP contribution in [0.1, 0.15) is 30.4 Å². The van der Waals surface area contributed by atoms with Crippen LogP contribution in [0.25, 0.3) is 0 Å². The summed E-state index contributed by atoms with van der Waals surface area (Å²) in [6.45, 7) is 1.94. The number of unbranched alkanes of at least 4 members (excludes halogenated alkanes) is 1. The summed E-state index contributed by atoms with van der Waals surface area (Å²) in [6.07, 6.45) is 6.33. The molecule has 1 N–H and O–H groups in total. The lowest BCUT2D eigenvalue weighted by atomic mass is 9.96. The van der Waals surface area contributed by atoms with Gasteiger partial charge in [-0.15, -0.1) is 11.6 Å². The molecule has 2 aromatic rings. The van der Waals surface area contributed by atoms with E-state index in [1.165, 1.54) is 0 Å². The van der Waals surface area contributed by atoms with E-state index in [1.807, 2.05) is 66.7 Å². The predicted molar refractivity (Wildman–Crippen MR) is 115 cm³/mol. The topological polar surface area (TPSA) is 38.7 Å². The molecule has 0 aliphatic carbocycles. The molecule has 2 rings (SSSR count). The number of hydrogen-bond donors (Lipinski definition) is 1. The average Bonchev–Trinajstić information content (AvgIpc) is 2.74. The number of alkyl halides is 1. The van der Waals surface area contributed by atoms with Crippen molar-refractivity contribution in [2.75, 3.05) is 19.1 Å². The highest BCUT2D eigenvalue weighted by Crippen LogP contribution is 2.17. The van der Waals surface area contributed by atoms with Gasteiger partial charge in [0.25, 0.3) is 0 Å². The summed E-state index contributed by atoms with van der Waals surface area (Å²) < 4.78 is 11.4. The second-order valence-electron chi connectivity index (χ2n) is 6.85. The number of rotatable bonds is 14. The molecule has 0 radical (unpaired) electrons. The fraction of sp³-hybridized carbons (Fsp3) is 0.417. The number of hydrogen-bond acceptors (Lipinski definition) is 3. The van der Waals surface area contributed by atoms with E-state index < -0.39 is 6.10 Å². The quantitative estimate of drug-likeness (QED) is 0.262. The predicted octanol–water partition coefficient (Wildman–Crippen LogP) is 5.36. The molecule has 0 unspecified atom stereocenters. The molecule has 0 saturated carbocycles. The molecule has 3 nitrogen and oxygen atoms in total. The molecule has 0 spiro atoms. The van der Waals surface area contributed by atoms with Gasteiger partial charge in [0.15, 0.2) is 0 Å². The molecule has 0 fully saturated rings. The number of halogens is 1. The van der Waals surface area contributed by atoms with Gasteiger partial charge in [-0.05, 0) is 24.0 Å². The van der Waals surface area contributed by atoms with Gasteiger partial charge in [-0.2, -0.15) is 0 Å². The molecule has 0 aromatic heterocycles. The molecule has 0 bridgehead atoms. The third-order valence-electron chi connectivity index (χ3n) is 4.52. The lowest BCUT2D eigenvalue weighted by molar-refractivity contribution is 0.00612. The third-order valence-corrected chi connectivity index (χ3v) is 4.79. The molecule has 152 valence electrons. The summed E-state index contributed by atoms with van der Waals surface area (Å²) in [7, 11) is 0. The summed E-state index contributed by atoms with van der Waals surface area (Å²) >= 11 is 5.79. The van der Waals surface area contributed by atoms with Crippen LogP contribution in [-0.4, -0.2) is 30.3 Å². The van der Waals surface area contributed by atoms with E-state index in [1.54, 1.807) is 0 Å². The van der Waals surface area contributed by atoms with Gasteiger partial charge in [-0.1, -0.05) is 79.2 Å². The van der Waals surface area contributed by atoms with Crippen LogP contribution < -0.4 is 0 Å². The van der Waals surface area contributed by atoms with Crippen molar-refractivity contribution in [1.82, 2.24) is 0 Å². The van der Waals surface area contributed by atoms with Crippen molar-refractivity contribution < 1.29 is 14.6 Å². The normalized spacial score (nSPS) is 13.6. The molecule has 0 saturated heterocycles. The van der Waals surface area contributed by atoms with E-state index in [0.29, 0.717) is 32.3 Å². The van der Waals surface area contributed by atoms with Gasteiger partial charge in [-0.25, -0.2) is 0 Å². The second kappa shape index (κ2) is 14.4. The molecule has 28 heavy (non-hydrogen) atoms. The Bertz CT molecular complexity index is 645. The van der Waals surface area contributed by atoms with Gasteiger partial charge in [-0.3, -0.25) is 0 Å². The maximum atomic E-state index is 10.6. The van der Waals surface area contributed by atoms with Gasteiger partial charge >= 0.3 is 0 Å². The third kappa shape index (κ3) is 9.52. The van der Waals surface area contributed by atoms with E-state index in [-0.39, 0.29) is 5.92 Å². The van der Waals surface area contributed by atoms with Crippen LogP contribution in [0.3, 0.4) is 0 Å². The van der Waals surface area contributed by atoms with Crippen LogP contribution in [0.15, 0.2) is 72.8 Å². The lowest BCUT2D eigenvalue weighted by Gasteiger charge is -2.20.